The molecule has 1 aromatic carbocycles. The Balaban J connectivity index is 1.66. The molecule has 18 heavy (non-hydrogen) atoms. The number of rotatable bonds is 4. The van der Waals surface area contributed by atoms with Gasteiger partial charge in [0.1, 0.15) is 0 Å². The van der Waals surface area contributed by atoms with E-state index in [4.69, 9.17) is 9.47 Å². The number of morpholine rings is 1. The van der Waals surface area contributed by atoms with Gasteiger partial charge in [0.15, 0.2) is 11.6 Å². The van der Waals surface area contributed by atoms with Crippen molar-refractivity contribution in [3.63, 3.8) is 0 Å². The lowest BCUT2D eigenvalue weighted by Crippen LogP contribution is -2.33. The van der Waals surface area contributed by atoms with E-state index in [-0.39, 0.29) is 11.9 Å². The number of ether oxygens (including phenoxy) is 2. The summed E-state index contributed by atoms with van der Waals surface area (Å²) in [4.78, 5) is 0. The maximum Gasteiger partial charge on any atom is 0.165 e. The van der Waals surface area contributed by atoms with Gasteiger partial charge in [0.05, 0.1) is 19.3 Å². The summed E-state index contributed by atoms with van der Waals surface area (Å²) in [6.45, 7) is 2.91. The highest BCUT2D eigenvalue weighted by molar-refractivity contribution is 5.31. The highest BCUT2D eigenvalue weighted by Gasteiger charge is 2.23. The fourth-order valence-electron chi connectivity index (χ4n) is 2.11. The Morgan fingerprint density at radius 2 is 2.28 bits per heavy atom. The first-order chi connectivity index (χ1) is 8.83. The van der Waals surface area contributed by atoms with Crippen LogP contribution in [0, 0.1) is 11.7 Å². The molecule has 2 aliphatic rings. The molecule has 4 heteroatoms. The van der Waals surface area contributed by atoms with Gasteiger partial charge in [-0.15, -0.1) is 0 Å². The van der Waals surface area contributed by atoms with Gasteiger partial charge in [-0.3, -0.25) is 0 Å². The summed E-state index contributed by atoms with van der Waals surface area (Å²) in [5.41, 5.74) is 0.874. The fraction of sp³-hybridized carbons (Fsp3) is 0.571. The van der Waals surface area contributed by atoms with E-state index in [0.717, 1.165) is 18.7 Å². The highest BCUT2D eigenvalue weighted by atomic mass is 19.1. The van der Waals surface area contributed by atoms with Crippen LogP contribution in [0.1, 0.15) is 24.5 Å². The van der Waals surface area contributed by atoms with E-state index < -0.39 is 0 Å². The average Bonchev–Trinajstić information content (AvgIpc) is 3.22. The van der Waals surface area contributed by atoms with Crippen molar-refractivity contribution < 1.29 is 13.9 Å². The number of halogens is 1. The van der Waals surface area contributed by atoms with Gasteiger partial charge in [0.2, 0.25) is 0 Å². The first-order valence-electron chi connectivity index (χ1n) is 6.57. The smallest absolute Gasteiger partial charge is 0.165 e. The second-order valence-corrected chi connectivity index (χ2v) is 5.01. The molecule has 0 bridgehead atoms. The monoisotopic (exact) mass is 251 g/mol. The minimum atomic E-state index is -0.290. The van der Waals surface area contributed by atoms with Crippen molar-refractivity contribution >= 4 is 0 Å². The van der Waals surface area contributed by atoms with Gasteiger partial charge in [-0.2, -0.15) is 0 Å². The van der Waals surface area contributed by atoms with Crippen LogP contribution in [0.3, 0.4) is 0 Å². The summed E-state index contributed by atoms with van der Waals surface area (Å²) in [6, 6.07) is 5.13. The fourth-order valence-corrected chi connectivity index (χ4v) is 2.11. The molecular formula is C14H18FNO2. The van der Waals surface area contributed by atoms with Crippen LogP contribution in [0.15, 0.2) is 18.2 Å². The lowest BCUT2D eigenvalue weighted by Gasteiger charge is -2.24. The van der Waals surface area contributed by atoms with Gasteiger partial charge >= 0.3 is 0 Å². The predicted octanol–water partition coefficient (Wildman–Crippen LogP) is 2.28. The quantitative estimate of drug-likeness (QED) is 0.890. The first-order valence-corrected chi connectivity index (χ1v) is 6.57. The van der Waals surface area contributed by atoms with Crippen LogP contribution in [-0.2, 0) is 4.74 Å². The summed E-state index contributed by atoms with van der Waals surface area (Å²) >= 11 is 0. The van der Waals surface area contributed by atoms with Crippen molar-refractivity contribution in [3.8, 4) is 5.75 Å². The Labute approximate surface area is 106 Å². The molecule has 1 aromatic rings. The lowest BCUT2D eigenvalue weighted by molar-refractivity contribution is 0.0275. The zero-order chi connectivity index (χ0) is 12.4. The lowest BCUT2D eigenvalue weighted by atomic mass is 10.1. The second kappa shape index (κ2) is 5.24. The first kappa shape index (κ1) is 11.9. The van der Waals surface area contributed by atoms with Crippen molar-refractivity contribution in [2.24, 2.45) is 5.92 Å². The van der Waals surface area contributed by atoms with Gasteiger partial charge in [0, 0.05) is 13.1 Å². The minimum Gasteiger partial charge on any atom is -0.490 e. The molecule has 3 nitrogen and oxygen atoms in total. The summed E-state index contributed by atoms with van der Waals surface area (Å²) in [5.74, 6) is 0.701. The number of hydrogen-bond acceptors (Lipinski definition) is 3. The van der Waals surface area contributed by atoms with Crippen molar-refractivity contribution in [3.05, 3.63) is 29.6 Å². The van der Waals surface area contributed by atoms with Gasteiger partial charge in [0.25, 0.3) is 0 Å². The van der Waals surface area contributed by atoms with E-state index in [9.17, 15) is 4.39 Å². The Morgan fingerprint density at radius 3 is 2.94 bits per heavy atom. The molecule has 98 valence electrons. The van der Waals surface area contributed by atoms with E-state index in [1.165, 1.54) is 18.9 Å². The molecule has 1 saturated heterocycles. The second-order valence-electron chi connectivity index (χ2n) is 5.01. The zero-order valence-corrected chi connectivity index (χ0v) is 10.3. The highest BCUT2D eigenvalue weighted by Crippen LogP contribution is 2.31. The van der Waals surface area contributed by atoms with E-state index in [1.807, 2.05) is 6.07 Å². The van der Waals surface area contributed by atoms with E-state index in [2.05, 4.69) is 5.32 Å². The third kappa shape index (κ3) is 2.82. The van der Waals surface area contributed by atoms with Gasteiger partial charge in [-0.05, 0) is 36.5 Å². The van der Waals surface area contributed by atoms with Crippen molar-refractivity contribution in [1.82, 2.24) is 5.32 Å². The maximum absolute atomic E-state index is 13.9. The summed E-state index contributed by atoms with van der Waals surface area (Å²) in [6.07, 6.45) is 2.37. The summed E-state index contributed by atoms with van der Waals surface area (Å²) in [7, 11) is 0. The van der Waals surface area contributed by atoms with Crippen molar-refractivity contribution in [2.45, 2.75) is 18.9 Å². The maximum atomic E-state index is 13.9. The van der Waals surface area contributed by atoms with Crippen molar-refractivity contribution in [1.29, 1.82) is 0 Å². The SMILES string of the molecule is Fc1cc(C2CNCCO2)ccc1OCC1CC1. The topological polar surface area (TPSA) is 30.5 Å². The van der Waals surface area contributed by atoms with Crippen LogP contribution < -0.4 is 10.1 Å². The van der Waals surface area contributed by atoms with Crippen LogP contribution in [0.2, 0.25) is 0 Å². The number of benzene rings is 1. The minimum absolute atomic E-state index is 0.0502. The van der Waals surface area contributed by atoms with Gasteiger partial charge in [-0.25, -0.2) is 4.39 Å². The molecule has 2 fully saturated rings. The van der Waals surface area contributed by atoms with Crippen molar-refractivity contribution in [2.75, 3.05) is 26.3 Å². The molecule has 0 aromatic heterocycles. The van der Waals surface area contributed by atoms with Crippen LogP contribution in [0.25, 0.3) is 0 Å². The summed E-state index contributed by atoms with van der Waals surface area (Å²) < 4.78 is 24.9. The van der Waals surface area contributed by atoms with E-state index in [0.29, 0.717) is 24.9 Å². The normalized spacial score (nSPS) is 23.9. The molecule has 0 amide bonds. The van der Waals surface area contributed by atoms with E-state index >= 15 is 0 Å². The van der Waals surface area contributed by atoms with Crippen LogP contribution in [-0.4, -0.2) is 26.3 Å². The molecular weight excluding hydrogens is 233 g/mol. The third-order valence-electron chi connectivity index (χ3n) is 3.43. The van der Waals surface area contributed by atoms with Crippen LogP contribution in [0.5, 0.6) is 5.75 Å². The molecule has 0 radical (unpaired) electrons. The molecule has 1 N–H and O–H groups in total. The Kier molecular flexibility index (Phi) is 3.48. The molecule has 1 aliphatic heterocycles. The zero-order valence-electron chi connectivity index (χ0n) is 10.3. The van der Waals surface area contributed by atoms with Gasteiger partial charge < -0.3 is 14.8 Å². The largest absolute Gasteiger partial charge is 0.490 e. The Morgan fingerprint density at radius 1 is 1.39 bits per heavy atom. The standard InChI is InChI=1S/C14H18FNO2/c15-12-7-11(14-8-16-5-6-17-14)3-4-13(12)18-9-10-1-2-10/h3-4,7,10,14,16H,1-2,5-6,8-9H2. The molecule has 1 heterocycles. The van der Waals surface area contributed by atoms with Crippen LogP contribution in [0.4, 0.5) is 4.39 Å². The summed E-state index contributed by atoms with van der Waals surface area (Å²) in [5, 5.41) is 3.24. The molecule has 1 aliphatic carbocycles. The predicted molar refractivity (Wildman–Crippen MR) is 66.2 cm³/mol. The van der Waals surface area contributed by atoms with Gasteiger partial charge in [-0.1, -0.05) is 6.07 Å². The molecule has 3 rings (SSSR count). The Bertz CT molecular complexity index is 414. The average molecular weight is 251 g/mol. The molecule has 0 spiro atoms. The number of hydrogen-bond donors (Lipinski definition) is 1. The third-order valence-corrected chi connectivity index (χ3v) is 3.43. The van der Waals surface area contributed by atoms with Crippen LogP contribution >= 0.6 is 0 Å². The molecule has 1 atom stereocenters. The van der Waals surface area contributed by atoms with E-state index in [1.54, 1.807) is 6.07 Å². The number of nitrogens with one attached hydrogen (secondary N) is 1. The molecule has 1 saturated carbocycles. The molecule has 1 unspecified atom stereocenters. The Hall–Kier alpha value is -1.13.